The second kappa shape index (κ2) is 7.79. The lowest BCUT2D eigenvalue weighted by Gasteiger charge is -2.20. The van der Waals surface area contributed by atoms with Gasteiger partial charge in [-0.15, -0.1) is 0 Å². The van der Waals surface area contributed by atoms with E-state index in [4.69, 9.17) is 21.1 Å². The average Bonchev–Trinajstić information content (AvgIpc) is 2.54. The van der Waals surface area contributed by atoms with Crippen LogP contribution in [0.4, 0.5) is 0 Å². The lowest BCUT2D eigenvalue weighted by atomic mass is 9.87. The summed E-state index contributed by atoms with van der Waals surface area (Å²) in [6.07, 6.45) is -0.882. The molecule has 0 spiro atoms. The van der Waals surface area contributed by atoms with Crippen molar-refractivity contribution in [2.45, 2.75) is 38.7 Å². The van der Waals surface area contributed by atoms with E-state index >= 15 is 0 Å². The van der Waals surface area contributed by atoms with Crippen LogP contribution in [0.25, 0.3) is 0 Å². The highest BCUT2D eigenvalue weighted by molar-refractivity contribution is 6.30. The van der Waals surface area contributed by atoms with Gasteiger partial charge in [0, 0.05) is 11.4 Å². The Labute approximate surface area is 153 Å². The number of benzene rings is 2. The van der Waals surface area contributed by atoms with E-state index in [1.807, 2.05) is 12.1 Å². The summed E-state index contributed by atoms with van der Waals surface area (Å²) >= 11 is 6.01. The van der Waals surface area contributed by atoms with Crippen LogP contribution in [0.5, 0.6) is 11.5 Å². The van der Waals surface area contributed by atoms with Crippen LogP contribution in [0.15, 0.2) is 42.5 Å². The number of methoxy groups -OCH3 is 1. The molecule has 25 heavy (non-hydrogen) atoms. The highest BCUT2D eigenvalue weighted by Gasteiger charge is 2.22. The molecule has 0 radical (unpaired) electrons. The minimum absolute atomic E-state index is 0.0267. The summed E-state index contributed by atoms with van der Waals surface area (Å²) in [5.74, 6) is 0.0608. The SMILES string of the molecule is COc1ccc(Cl)cc1C[C@@H](Oc1ccc(C(C)(C)C)cc1)C(=O)O. The number of aliphatic carboxylic acids is 1. The molecule has 0 aliphatic carbocycles. The van der Waals surface area contributed by atoms with E-state index in [-0.39, 0.29) is 11.8 Å². The smallest absolute Gasteiger partial charge is 0.345 e. The number of carbonyl (C=O) groups is 1. The monoisotopic (exact) mass is 362 g/mol. The number of carboxylic acid groups (broad SMARTS) is 1. The van der Waals surface area contributed by atoms with E-state index in [9.17, 15) is 9.90 Å². The van der Waals surface area contributed by atoms with E-state index in [2.05, 4.69) is 20.8 Å². The predicted octanol–water partition coefficient (Wildman–Crippen LogP) is 4.72. The largest absolute Gasteiger partial charge is 0.496 e. The van der Waals surface area contributed by atoms with E-state index in [0.29, 0.717) is 22.1 Å². The molecule has 1 atom stereocenters. The van der Waals surface area contributed by atoms with Gasteiger partial charge in [0.1, 0.15) is 11.5 Å². The van der Waals surface area contributed by atoms with Crippen molar-refractivity contribution in [1.29, 1.82) is 0 Å². The molecule has 0 aromatic heterocycles. The first-order valence-electron chi connectivity index (χ1n) is 8.03. The number of hydrogen-bond acceptors (Lipinski definition) is 3. The first-order chi connectivity index (χ1) is 11.7. The maximum Gasteiger partial charge on any atom is 0.345 e. The quantitative estimate of drug-likeness (QED) is 0.807. The highest BCUT2D eigenvalue weighted by atomic mass is 35.5. The minimum atomic E-state index is -1.04. The maximum atomic E-state index is 11.6. The normalized spacial score (nSPS) is 12.5. The molecule has 2 aromatic rings. The molecular formula is C20H23ClO4. The van der Waals surface area contributed by atoms with Crippen LogP contribution in [0.1, 0.15) is 31.9 Å². The van der Waals surface area contributed by atoms with Crippen molar-refractivity contribution in [3.8, 4) is 11.5 Å². The number of ether oxygens (including phenoxy) is 2. The molecule has 0 bridgehead atoms. The molecule has 0 amide bonds. The predicted molar refractivity (Wildman–Crippen MR) is 98.9 cm³/mol. The number of rotatable bonds is 6. The minimum Gasteiger partial charge on any atom is -0.496 e. The third kappa shape index (κ3) is 5.13. The van der Waals surface area contributed by atoms with Crippen LogP contribution < -0.4 is 9.47 Å². The first-order valence-corrected chi connectivity index (χ1v) is 8.41. The zero-order valence-corrected chi connectivity index (χ0v) is 15.6. The zero-order valence-electron chi connectivity index (χ0n) is 14.9. The molecule has 0 saturated heterocycles. The summed E-state index contributed by atoms with van der Waals surface area (Å²) < 4.78 is 11.0. The lowest BCUT2D eigenvalue weighted by molar-refractivity contribution is -0.145. The fourth-order valence-electron chi connectivity index (χ4n) is 2.48. The molecule has 0 aliphatic rings. The van der Waals surface area contributed by atoms with Gasteiger partial charge in [-0.2, -0.15) is 0 Å². The topological polar surface area (TPSA) is 55.8 Å². The van der Waals surface area contributed by atoms with E-state index < -0.39 is 12.1 Å². The number of carboxylic acids is 1. The average molecular weight is 363 g/mol. The Bertz CT molecular complexity index is 732. The Morgan fingerprint density at radius 2 is 1.80 bits per heavy atom. The number of hydrogen-bond donors (Lipinski definition) is 1. The van der Waals surface area contributed by atoms with Crippen molar-refractivity contribution in [2.75, 3.05) is 7.11 Å². The molecule has 5 heteroatoms. The maximum absolute atomic E-state index is 11.6. The molecule has 0 saturated carbocycles. The van der Waals surface area contributed by atoms with Crippen molar-refractivity contribution < 1.29 is 19.4 Å². The molecule has 0 fully saturated rings. The summed E-state index contributed by atoms with van der Waals surface area (Å²) in [5, 5.41) is 10.0. The molecule has 0 aliphatic heterocycles. The van der Waals surface area contributed by atoms with E-state index in [0.717, 1.165) is 5.56 Å². The summed E-state index contributed by atoms with van der Waals surface area (Å²) in [6, 6.07) is 12.6. The Morgan fingerprint density at radius 3 is 2.32 bits per heavy atom. The second-order valence-electron chi connectivity index (χ2n) is 6.88. The van der Waals surface area contributed by atoms with Gasteiger partial charge in [-0.1, -0.05) is 44.5 Å². The molecule has 0 unspecified atom stereocenters. The van der Waals surface area contributed by atoms with Gasteiger partial charge in [-0.25, -0.2) is 4.79 Å². The Morgan fingerprint density at radius 1 is 1.16 bits per heavy atom. The van der Waals surface area contributed by atoms with Gasteiger partial charge in [0.2, 0.25) is 0 Å². The third-order valence-corrected chi connectivity index (χ3v) is 4.16. The molecule has 2 rings (SSSR count). The van der Waals surface area contributed by atoms with Gasteiger partial charge in [0.15, 0.2) is 6.10 Å². The van der Waals surface area contributed by atoms with E-state index in [1.165, 1.54) is 7.11 Å². The fraction of sp³-hybridized carbons (Fsp3) is 0.350. The van der Waals surface area contributed by atoms with Gasteiger partial charge in [0.05, 0.1) is 7.11 Å². The van der Waals surface area contributed by atoms with Gasteiger partial charge in [-0.05, 0) is 46.9 Å². The van der Waals surface area contributed by atoms with Crippen molar-refractivity contribution in [3.05, 3.63) is 58.6 Å². The number of halogens is 1. The van der Waals surface area contributed by atoms with Crippen LogP contribution in [0.3, 0.4) is 0 Å². The van der Waals surface area contributed by atoms with Crippen LogP contribution in [-0.4, -0.2) is 24.3 Å². The van der Waals surface area contributed by atoms with Crippen molar-refractivity contribution >= 4 is 17.6 Å². The Kier molecular flexibility index (Phi) is 5.96. The van der Waals surface area contributed by atoms with Gasteiger partial charge in [-0.3, -0.25) is 0 Å². The van der Waals surface area contributed by atoms with Crippen LogP contribution in [0.2, 0.25) is 5.02 Å². The third-order valence-electron chi connectivity index (χ3n) is 3.92. The summed E-state index contributed by atoms with van der Waals surface area (Å²) in [7, 11) is 1.54. The van der Waals surface area contributed by atoms with Gasteiger partial charge < -0.3 is 14.6 Å². The molecular weight excluding hydrogens is 340 g/mol. The highest BCUT2D eigenvalue weighted by Crippen LogP contribution is 2.27. The molecule has 2 aromatic carbocycles. The fourth-order valence-corrected chi connectivity index (χ4v) is 2.68. The van der Waals surface area contributed by atoms with E-state index in [1.54, 1.807) is 30.3 Å². The van der Waals surface area contributed by atoms with Gasteiger partial charge in [0.25, 0.3) is 0 Å². The van der Waals surface area contributed by atoms with Crippen molar-refractivity contribution in [2.24, 2.45) is 0 Å². The van der Waals surface area contributed by atoms with Crippen molar-refractivity contribution in [3.63, 3.8) is 0 Å². The standard InChI is InChI=1S/C20H23ClO4/c1-20(2,3)14-5-8-16(9-6-14)25-18(19(22)23)12-13-11-15(21)7-10-17(13)24-4/h5-11,18H,12H2,1-4H3,(H,22,23)/t18-/m1/s1. The Hall–Kier alpha value is -2.20. The summed E-state index contributed by atoms with van der Waals surface area (Å²) in [5.41, 5.74) is 1.87. The van der Waals surface area contributed by atoms with Crippen LogP contribution >= 0.6 is 11.6 Å². The molecule has 134 valence electrons. The van der Waals surface area contributed by atoms with Crippen LogP contribution in [-0.2, 0) is 16.6 Å². The second-order valence-corrected chi connectivity index (χ2v) is 7.32. The summed E-state index contributed by atoms with van der Waals surface area (Å²) in [6.45, 7) is 6.36. The van der Waals surface area contributed by atoms with Crippen LogP contribution in [0, 0.1) is 0 Å². The molecule has 1 N–H and O–H groups in total. The molecule has 0 heterocycles. The molecule has 4 nitrogen and oxygen atoms in total. The zero-order chi connectivity index (χ0) is 18.6. The first kappa shape index (κ1) is 19.1. The van der Waals surface area contributed by atoms with Gasteiger partial charge >= 0.3 is 5.97 Å². The Balaban J connectivity index is 2.19. The lowest BCUT2D eigenvalue weighted by Crippen LogP contribution is -2.29. The summed E-state index contributed by atoms with van der Waals surface area (Å²) in [4.78, 5) is 11.6. The van der Waals surface area contributed by atoms with Crippen molar-refractivity contribution in [1.82, 2.24) is 0 Å².